The van der Waals surface area contributed by atoms with Gasteiger partial charge in [-0.05, 0) is 24.4 Å². The Balaban J connectivity index is 2.00. The van der Waals surface area contributed by atoms with Crippen LogP contribution in [0.1, 0.15) is 0 Å². The molecule has 8 heteroatoms. The SMILES string of the molecule is O=[S+]1(O)C[C@@H]2NC(=S)N(c3ccc(F)cc3F)[C@H]2C1. The molecule has 2 aliphatic heterocycles. The molecule has 19 heavy (non-hydrogen) atoms. The number of fused-ring (bicyclic) bond motifs is 1. The second-order valence-electron chi connectivity index (χ2n) is 4.69. The molecule has 2 N–H and O–H groups in total. The predicted octanol–water partition coefficient (Wildman–Crippen LogP) is 1.38. The fraction of sp³-hybridized carbons (Fsp3) is 0.364. The van der Waals surface area contributed by atoms with Crippen molar-refractivity contribution in [2.45, 2.75) is 12.1 Å². The van der Waals surface area contributed by atoms with E-state index in [9.17, 15) is 17.5 Å². The van der Waals surface area contributed by atoms with Crippen molar-refractivity contribution in [1.29, 1.82) is 0 Å². The molecule has 3 rings (SSSR count). The standard InChI is InChI=1S/C11H10F2N2O2S2/c12-6-1-2-9(7(13)3-6)15-10-5-19(16,17)4-8(10)14-11(15)18/h1-3,8,10H,4-5H2,(H-,14,16,17,18)/p+1/t8-,10-/m0/s1. The van der Waals surface area contributed by atoms with Gasteiger partial charge in [0.25, 0.3) is 0 Å². The minimum Gasteiger partial charge on any atom is -0.352 e. The average molecular weight is 305 g/mol. The van der Waals surface area contributed by atoms with Crippen molar-refractivity contribution >= 4 is 33.2 Å². The van der Waals surface area contributed by atoms with E-state index in [1.54, 1.807) is 0 Å². The van der Waals surface area contributed by atoms with Gasteiger partial charge in [0, 0.05) is 6.07 Å². The molecule has 3 atom stereocenters. The van der Waals surface area contributed by atoms with Crippen LogP contribution in [0, 0.1) is 11.6 Å². The molecule has 0 aromatic heterocycles. The summed E-state index contributed by atoms with van der Waals surface area (Å²) in [6, 6.07) is 2.56. The third-order valence-electron chi connectivity index (χ3n) is 3.36. The minimum atomic E-state index is -2.90. The van der Waals surface area contributed by atoms with Gasteiger partial charge in [0.15, 0.2) is 16.6 Å². The maximum Gasteiger partial charge on any atom is 0.218 e. The molecule has 1 unspecified atom stereocenters. The van der Waals surface area contributed by atoms with Crippen LogP contribution in [0.3, 0.4) is 0 Å². The third-order valence-corrected chi connectivity index (χ3v) is 5.42. The van der Waals surface area contributed by atoms with Crippen molar-refractivity contribution in [3.63, 3.8) is 0 Å². The number of rotatable bonds is 1. The van der Waals surface area contributed by atoms with E-state index in [-0.39, 0.29) is 29.3 Å². The van der Waals surface area contributed by atoms with Crippen LogP contribution in [0.5, 0.6) is 0 Å². The van der Waals surface area contributed by atoms with Crippen LogP contribution < -0.4 is 10.2 Å². The molecule has 0 amide bonds. The molecule has 2 aliphatic rings. The molecule has 2 saturated heterocycles. The van der Waals surface area contributed by atoms with E-state index in [0.717, 1.165) is 12.1 Å². The zero-order valence-electron chi connectivity index (χ0n) is 9.68. The average Bonchev–Trinajstić information content (AvgIpc) is 2.70. The monoisotopic (exact) mass is 305 g/mol. The Morgan fingerprint density at radius 1 is 1.42 bits per heavy atom. The summed E-state index contributed by atoms with van der Waals surface area (Å²) in [4.78, 5) is 1.47. The second-order valence-corrected chi connectivity index (χ2v) is 7.29. The topological polar surface area (TPSA) is 52.6 Å². The first-order chi connectivity index (χ1) is 8.87. The molecule has 2 fully saturated rings. The summed E-state index contributed by atoms with van der Waals surface area (Å²) in [7, 11) is -2.90. The molecule has 0 aliphatic carbocycles. The van der Waals surface area contributed by atoms with Gasteiger partial charge >= 0.3 is 0 Å². The minimum absolute atomic E-state index is 0.0294. The smallest absolute Gasteiger partial charge is 0.218 e. The Morgan fingerprint density at radius 3 is 2.84 bits per heavy atom. The Bertz CT molecular complexity index is 610. The first kappa shape index (κ1) is 12.9. The van der Waals surface area contributed by atoms with Crippen molar-refractivity contribution < 1.29 is 17.5 Å². The normalized spacial score (nSPS) is 33.4. The quantitative estimate of drug-likeness (QED) is 0.606. The molecule has 0 spiro atoms. The highest BCUT2D eigenvalue weighted by Crippen LogP contribution is 2.33. The second kappa shape index (κ2) is 4.19. The highest BCUT2D eigenvalue weighted by Gasteiger charge is 2.54. The number of hydrogen-bond acceptors (Lipinski definition) is 2. The number of halogens is 2. The predicted molar refractivity (Wildman–Crippen MR) is 72.6 cm³/mol. The lowest BCUT2D eigenvalue weighted by molar-refractivity contribution is 0.502. The van der Waals surface area contributed by atoms with Gasteiger partial charge in [0.1, 0.15) is 23.7 Å². The molecule has 2 heterocycles. The van der Waals surface area contributed by atoms with Gasteiger partial charge in [0.05, 0.1) is 5.69 Å². The molecule has 0 radical (unpaired) electrons. The summed E-state index contributed by atoms with van der Waals surface area (Å²) in [6.07, 6.45) is 0. The van der Waals surface area contributed by atoms with E-state index in [4.69, 9.17) is 12.2 Å². The summed E-state index contributed by atoms with van der Waals surface area (Å²) < 4.78 is 48.1. The van der Waals surface area contributed by atoms with Gasteiger partial charge in [0.2, 0.25) is 10.2 Å². The molecule has 1 aromatic rings. The highest BCUT2D eigenvalue weighted by molar-refractivity contribution is 7.98. The van der Waals surface area contributed by atoms with Gasteiger partial charge in [-0.15, -0.1) is 0 Å². The van der Waals surface area contributed by atoms with Crippen LogP contribution in [-0.4, -0.2) is 33.3 Å². The molecule has 4 nitrogen and oxygen atoms in total. The molecular formula is C11H11F2N2O2S2+. The molecule has 0 bridgehead atoms. The first-order valence-corrected chi connectivity index (χ1v) is 7.90. The van der Waals surface area contributed by atoms with E-state index in [1.165, 1.54) is 11.0 Å². The molecule has 1 aromatic carbocycles. The van der Waals surface area contributed by atoms with Gasteiger partial charge in [-0.2, -0.15) is 4.55 Å². The summed E-state index contributed by atoms with van der Waals surface area (Å²) in [5.41, 5.74) is 0.128. The fourth-order valence-electron chi connectivity index (χ4n) is 2.58. The number of nitrogens with one attached hydrogen (secondary N) is 1. The lowest BCUT2D eigenvalue weighted by atomic mass is 10.1. The zero-order chi connectivity index (χ0) is 13.8. The Morgan fingerprint density at radius 2 is 2.16 bits per heavy atom. The lowest BCUT2D eigenvalue weighted by Gasteiger charge is -2.22. The Kier molecular flexibility index (Phi) is 2.84. The van der Waals surface area contributed by atoms with E-state index < -0.39 is 21.8 Å². The summed E-state index contributed by atoms with van der Waals surface area (Å²) in [6.45, 7) is 0. The van der Waals surface area contributed by atoms with Crippen LogP contribution in [-0.2, 0) is 14.4 Å². The van der Waals surface area contributed by atoms with Crippen LogP contribution in [0.15, 0.2) is 18.2 Å². The number of thiocarbonyl (C=S) groups is 1. The summed E-state index contributed by atoms with van der Waals surface area (Å²) >= 11 is 5.12. The van der Waals surface area contributed by atoms with Gasteiger partial charge in [-0.25, -0.2) is 8.78 Å². The van der Waals surface area contributed by atoms with E-state index in [1.807, 2.05) is 0 Å². The van der Waals surface area contributed by atoms with Gasteiger partial charge in [-0.1, -0.05) is 4.21 Å². The van der Waals surface area contributed by atoms with Crippen LogP contribution >= 0.6 is 12.2 Å². The van der Waals surface area contributed by atoms with E-state index in [0.29, 0.717) is 5.11 Å². The van der Waals surface area contributed by atoms with Crippen molar-refractivity contribution in [2.75, 3.05) is 16.4 Å². The highest BCUT2D eigenvalue weighted by atomic mass is 32.3. The zero-order valence-corrected chi connectivity index (χ0v) is 11.3. The van der Waals surface area contributed by atoms with Crippen LogP contribution in [0.25, 0.3) is 0 Å². The number of nitrogens with zero attached hydrogens (tertiary/aromatic N) is 1. The first-order valence-electron chi connectivity index (χ1n) is 5.64. The Labute approximate surface area is 115 Å². The summed E-state index contributed by atoms with van der Waals surface area (Å²) in [5.74, 6) is -1.28. The molecule has 0 saturated carbocycles. The van der Waals surface area contributed by atoms with Crippen LogP contribution in [0.2, 0.25) is 0 Å². The van der Waals surface area contributed by atoms with Gasteiger partial charge in [-0.3, -0.25) is 0 Å². The maximum absolute atomic E-state index is 13.8. The van der Waals surface area contributed by atoms with E-state index >= 15 is 0 Å². The maximum atomic E-state index is 13.8. The third kappa shape index (κ3) is 2.13. The summed E-state index contributed by atoms with van der Waals surface area (Å²) in [5, 5.41) is 3.22. The van der Waals surface area contributed by atoms with Crippen molar-refractivity contribution in [3.8, 4) is 0 Å². The van der Waals surface area contributed by atoms with Crippen LogP contribution in [0.4, 0.5) is 14.5 Å². The molecule has 102 valence electrons. The van der Waals surface area contributed by atoms with Crippen molar-refractivity contribution in [2.24, 2.45) is 0 Å². The Hall–Kier alpha value is -1.12. The number of anilines is 1. The lowest BCUT2D eigenvalue weighted by Crippen LogP contribution is -2.38. The number of hydrogen-bond donors (Lipinski definition) is 2. The van der Waals surface area contributed by atoms with E-state index in [2.05, 4.69) is 5.32 Å². The fourth-order valence-corrected chi connectivity index (χ4v) is 4.88. The molecular weight excluding hydrogens is 294 g/mol. The van der Waals surface area contributed by atoms with Gasteiger partial charge < -0.3 is 10.2 Å². The van der Waals surface area contributed by atoms with Crippen molar-refractivity contribution in [1.82, 2.24) is 5.32 Å². The van der Waals surface area contributed by atoms with Crippen molar-refractivity contribution in [3.05, 3.63) is 29.8 Å². The number of benzene rings is 1. The largest absolute Gasteiger partial charge is 0.352 e.